The molecular formula is C20H15F21O7. The fourth-order valence-corrected chi connectivity index (χ4v) is 6.02. The molecule has 4 aliphatic rings. The van der Waals surface area contributed by atoms with Gasteiger partial charge in [-0.2, -0.15) is 79.0 Å². The molecule has 4 fully saturated rings. The molecule has 0 aromatic heterocycles. The van der Waals surface area contributed by atoms with Gasteiger partial charge in [0, 0.05) is 12.8 Å². The van der Waals surface area contributed by atoms with Crippen LogP contribution < -0.4 is 0 Å². The second-order valence-corrected chi connectivity index (χ2v) is 11.6. The van der Waals surface area contributed by atoms with E-state index in [1.54, 1.807) is 0 Å². The van der Waals surface area contributed by atoms with E-state index in [9.17, 15) is 113 Å². The summed E-state index contributed by atoms with van der Waals surface area (Å²) in [6.07, 6.45) is -6.37. The molecule has 0 spiro atoms. The second kappa shape index (κ2) is 9.18. The lowest BCUT2D eigenvalue weighted by atomic mass is 9.52. The predicted molar refractivity (Wildman–Crippen MR) is 101 cm³/mol. The second-order valence-electron chi connectivity index (χ2n) is 11.6. The first-order valence-electron chi connectivity index (χ1n) is 11.8. The van der Waals surface area contributed by atoms with E-state index in [-0.39, 0.29) is 0 Å². The van der Waals surface area contributed by atoms with Gasteiger partial charge < -0.3 is 35.7 Å². The Kier molecular flexibility index (Phi) is 7.78. The van der Waals surface area contributed by atoms with Gasteiger partial charge in [0.05, 0.1) is 0 Å². The van der Waals surface area contributed by atoms with Crippen molar-refractivity contribution in [2.45, 2.75) is 106 Å². The summed E-state index contributed by atoms with van der Waals surface area (Å²) in [6.45, 7) is -6.12. The Hall–Kier alpha value is -1.75. The van der Waals surface area contributed by atoms with Gasteiger partial charge in [-0.1, -0.05) is 0 Å². The number of halogens is 21. The third-order valence-electron chi connectivity index (χ3n) is 9.13. The average molecular weight is 766 g/mol. The van der Waals surface area contributed by atoms with Crippen LogP contribution in [0.4, 0.5) is 92.2 Å². The van der Waals surface area contributed by atoms with Crippen molar-refractivity contribution in [3.63, 3.8) is 0 Å². The molecule has 7 N–H and O–H groups in total. The molecule has 0 heterocycles. The lowest BCUT2D eigenvalue weighted by Crippen LogP contribution is -2.97. The molecular weight excluding hydrogens is 751 g/mol. The minimum absolute atomic E-state index is 2.95. The standard InChI is InChI=1S/C10H7F11O3.C10H8F10O4/c11-2-3(12)1-4(22)7(15,16)5(23,6(3,13)14)9(19,20)10(21,24)8(4,17)18;11-2-3(21)1-4(22)7(14,15)5(23,6(3,12)13)9(18,19)10(20,24)8(4,16)17/h22-24H,1-2H2;21-24H,1-2H2. The third kappa shape index (κ3) is 3.22. The Balaban J connectivity index is 0.000000260. The van der Waals surface area contributed by atoms with E-state index in [0.29, 0.717) is 0 Å². The summed E-state index contributed by atoms with van der Waals surface area (Å²) in [7, 11) is 0. The summed E-state index contributed by atoms with van der Waals surface area (Å²) in [5.74, 6) is -66.9. The Bertz CT molecular complexity index is 1240. The molecule has 7 nitrogen and oxygen atoms in total. The average Bonchev–Trinajstić information content (AvgIpc) is 2.92. The highest BCUT2D eigenvalue weighted by molar-refractivity contribution is 5.39. The van der Waals surface area contributed by atoms with Crippen LogP contribution in [0.15, 0.2) is 0 Å². The van der Waals surface area contributed by atoms with Crippen LogP contribution in [0.3, 0.4) is 0 Å². The van der Waals surface area contributed by atoms with Crippen molar-refractivity contribution in [1.29, 1.82) is 0 Å². The molecule has 0 aromatic carbocycles. The van der Waals surface area contributed by atoms with E-state index >= 15 is 0 Å². The highest BCUT2D eigenvalue weighted by atomic mass is 19.3. The van der Waals surface area contributed by atoms with Gasteiger partial charge >= 0.3 is 59.1 Å². The van der Waals surface area contributed by atoms with Crippen molar-refractivity contribution in [3.05, 3.63) is 0 Å². The molecule has 4 aliphatic carbocycles. The molecule has 0 saturated heterocycles. The summed E-state index contributed by atoms with van der Waals surface area (Å²) in [6, 6.07) is 0. The molecule has 4 saturated carbocycles. The fourth-order valence-electron chi connectivity index (χ4n) is 6.02. The summed E-state index contributed by atoms with van der Waals surface area (Å²) >= 11 is 0. The van der Waals surface area contributed by atoms with Crippen molar-refractivity contribution in [1.82, 2.24) is 0 Å². The Morgan fingerprint density at radius 2 is 0.625 bits per heavy atom. The molecule has 0 radical (unpaired) electrons. The van der Waals surface area contributed by atoms with Gasteiger partial charge in [0.2, 0.25) is 16.9 Å². The van der Waals surface area contributed by atoms with E-state index in [0.717, 1.165) is 0 Å². The molecule has 0 aromatic rings. The summed E-state index contributed by atoms with van der Waals surface area (Å²) in [4.78, 5) is 0. The van der Waals surface area contributed by atoms with Crippen LogP contribution in [0.1, 0.15) is 12.8 Å². The topological polar surface area (TPSA) is 142 Å². The molecule has 8 unspecified atom stereocenters. The van der Waals surface area contributed by atoms with Crippen LogP contribution in [-0.2, 0) is 0 Å². The van der Waals surface area contributed by atoms with Gasteiger partial charge in [-0.15, -0.1) is 0 Å². The highest BCUT2D eigenvalue weighted by Crippen LogP contribution is 2.76. The van der Waals surface area contributed by atoms with Gasteiger partial charge in [-0.05, 0) is 0 Å². The predicted octanol–water partition coefficient (Wildman–Crippen LogP) is 2.51. The maximum absolute atomic E-state index is 13.9. The van der Waals surface area contributed by atoms with Crippen LogP contribution in [0.5, 0.6) is 0 Å². The van der Waals surface area contributed by atoms with E-state index < -0.39 is 119 Å². The monoisotopic (exact) mass is 766 g/mol. The first kappa shape index (κ1) is 40.7. The Morgan fingerprint density at radius 1 is 0.333 bits per heavy atom. The fraction of sp³-hybridized carbons (Fsp3) is 1.00. The van der Waals surface area contributed by atoms with Crippen LogP contribution in [0.2, 0.25) is 0 Å². The number of hydrogen-bond donors (Lipinski definition) is 7. The zero-order chi connectivity index (χ0) is 38.8. The van der Waals surface area contributed by atoms with Crippen molar-refractivity contribution >= 4 is 0 Å². The lowest BCUT2D eigenvalue weighted by molar-refractivity contribution is -0.551. The molecule has 4 rings (SSSR count). The molecule has 28 heteroatoms. The Morgan fingerprint density at radius 3 is 0.917 bits per heavy atom. The van der Waals surface area contributed by atoms with Crippen LogP contribution in [0.25, 0.3) is 0 Å². The number of alkyl halides is 21. The molecule has 4 bridgehead atoms. The Labute approximate surface area is 248 Å². The molecule has 8 atom stereocenters. The maximum Gasteiger partial charge on any atom is 0.352 e. The van der Waals surface area contributed by atoms with Crippen LogP contribution >= 0.6 is 0 Å². The zero-order valence-corrected chi connectivity index (χ0v) is 21.9. The highest BCUT2D eigenvalue weighted by Gasteiger charge is 3.07. The van der Waals surface area contributed by atoms with Gasteiger partial charge in [0.25, 0.3) is 11.2 Å². The SMILES string of the molecule is OC1(CF)CC2(O)C(F)(F)C(O)(F)C(F)(F)C(O)(C1(F)F)C2(F)F.OC1(F)C(F)(F)C2(O)CC(F)(CF)C(F)(F)C(O)(C1(F)F)C2(F)F. The van der Waals surface area contributed by atoms with Gasteiger partial charge in [-0.25, -0.2) is 13.2 Å². The van der Waals surface area contributed by atoms with Crippen molar-refractivity contribution in [2.24, 2.45) is 0 Å². The smallest absolute Gasteiger partial charge is 0.352 e. The molecule has 0 aliphatic heterocycles. The van der Waals surface area contributed by atoms with Gasteiger partial charge in [-0.3, -0.25) is 0 Å². The summed E-state index contributed by atoms with van der Waals surface area (Å²) < 4.78 is 287. The summed E-state index contributed by atoms with van der Waals surface area (Å²) in [5, 5.41) is 63.5. The van der Waals surface area contributed by atoms with Crippen LogP contribution in [0, 0.1) is 0 Å². The van der Waals surface area contributed by atoms with E-state index in [4.69, 9.17) is 15.3 Å². The van der Waals surface area contributed by atoms with Gasteiger partial charge in [0.1, 0.15) is 13.3 Å². The quantitative estimate of drug-likeness (QED) is 0.215. The van der Waals surface area contributed by atoms with E-state index in [1.807, 2.05) is 0 Å². The minimum Gasteiger partial charge on any atom is -0.381 e. The molecule has 0 amide bonds. The van der Waals surface area contributed by atoms with Gasteiger partial charge in [0.15, 0.2) is 5.60 Å². The van der Waals surface area contributed by atoms with Crippen molar-refractivity contribution < 1.29 is 128 Å². The van der Waals surface area contributed by atoms with Crippen molar-refractivity contribution in [3.8, 4) is 0 Å². The molecule has 284 valence electrons. The van der Waals surface area contributed by atoms with E-state index in [1.165, 1.54) is 0 Å². The number of hydrogen-bond acceptors (Lipinski definition) is 7. The molecule has 48 heavy (non-hydrogen) atoms. The summed E-state index contributed by atoms with van der Waals surface area (Å²) in [5.41, 5.74) is -35.0. The normalized spacial score (nSPS) is 51.2. The number of fused-ring (bicyclic) bond motifs is 4. The van der Waals surface area contributed by atoms with Crippen molar-refractivity contribution in [2.75, 3.05) is 13.3 Å². The third-order valence-corrected chi connectivity index (χ3v) is 9.13. The minimum atomic E-state index is -7.13. The number of aliphatic hydroxyl groups is 7. The van der Waals surface area contributed by atoms with E-state index in [2.05, 4.69) is 0 Å². The largest absolute Gasteiger partial charge is 0.381 e. The lowest BCUT2D eigenvalue weighted by Gasteiger charge is -2.65. The number of rotatable bonds is 2. The first-order chi connectivity index (χ1) is 20.5. The maximum atomic E-state index is 13.9. The van der Waals surface area contributed by atoms with Crippen LogP contribution in [-0.4, -0.2) is 142 Å². The zero-order valence-electron chi connectivity index (χ0n) is 21.9. The first-order valence-corrected chi connectivity index (χ1v) is 11.8.